The Balaban J connectivity index is 1.81. The molecule has 4 unspecified atom stereocenters. The van der Waals surface area contributed by atoms with Crippen LogP contribution in [0, 0.1) is 17.8 Å². The topological polar surface area (TPSA) is 110 Å². The van der Waals surface area contributed by atoms with Crippen LogP contribution in [0.1, 0.15) is 67.2 Å². The SMILES string of the molecule is COC(C(C)O)C(C)[C@H]1O[C@]1(C)CC(C)/C=C/C=C(\C)[C@H]1O[C@@H](CNC(=O)CCOCCO)CC[C@@H]1C. The number of rotatable bonds is 16. The van der Waals surface area contributed by atoms with Crippen molar-refractivity contribution in [1.29, 1.82) is 0 Å². The van der Waals surface area contributed by atoms with E-state index in [1.807, 2.05) is 0 Å². The first-order chi connectivity index (χ1) is 17.5. The van der Waals surface area contributed by atoms with Gasteiger partial charge in [0.25, 0.3) is 0 Å². The Morgan fingerprint density at radius 1 is 1.24 bits per heavy atom. The number of methoxy groups -OCH3 is 1. The van der Waals surface area contributed by atoms with Gasteiger partial charge in [0.15, 0.2) is 0 Å². The predicted molar refractivity (Wildman–Crippen MR) is 144 cm³/mol. The van der Waals surface area contributed by atoms with Gasteiger partial charge in [-0.25, -0.2) is 0 Å². The lowest BCUT2D eigenvalue weighted by Gasteiger charge is -2.35. The molecule has 2 aliphatic rings. The maximum absolute atomic E-state index is 12.0. The second-order valence-corrected chi connectivity index (χ2v) is 11.3. The third-order valence-corrected chi connectivity index (χ3v) is 7.69. The van der Waals surface area contributed by atoms with Crippen molar-refractivity contribution in [2.45, 2.75) is 103 Å². The van der Waals surface area contributed by atoms with Crippen molar-refractivity contribution in [3.8, 4) is 0 Å². The summed E-state index contributed by atoms with van der Waals surface area (Å²) in [6.07, 6.45) is 9.00. The van der Waals surface area contributed by atoms with Crippen LogP contribution in [-0.4, -0.2) is 85.7 Å². The van der Waals surface area contributed by atoms with Crippen molar-refractivity contribution in [1.82, 2.24) is 5.32 Å². The van der Waals surface area contributed by atoms with E-state index < -0.39 is 6.10 Å². The highest BCUT2D eigenvalue weighted by Crippen LogP contribution is 2.47. The minimum absolute atomic E-state index is 0.00165. The average Bonchev–Trinajstić information content (AvgIpc) is 3.51. The molecule has 0 spiro atoms. The molecule has 2 saturated heterocycles. The smallest absolute Gasteiger partial charge is 0.222 e. The van der Waals surface area contributed by atoms with Crippen LogP contribution in [0.15, 0.2) is 23.8 Å². The number of carbonyl (C=O) groups is 1. The monoisotopic (exact) mass is 525 g/mol. The Labute approximate surface area is 223 Å². The normalized spacial score (nSPS) is 31.6. The van der Waals surface area contributed by atoms with Gasteiger partial charge in [0.1, 0.15) is 0 Å². The molecule has 0 bridgehead atoms. The molecule has 0 radical (unpaired) electrons. The second-order valence-electron chi connectivity index (χ2n) is 11.3. The van der Waals surface area contributed by atoms with E-state index in [4.69, 9.17) is 24.1 Å². The van der Waals surface area contributed by atoms with E-state index in [2.05, 4.69) is 58.2 Å². The molecule has 8 nitrogen and oxygen atoms in total. The van der Waals surface area contributed by atoms with Gasteiger partial charge in [-0.2, -0.15) is 0 Å². The lowest BCUT2D eigenvalue weighted by Crippen LogP contribution is -2.41. The summed E-state index contributed by atoms with van der Waals surface area (Å²) in [5.74, 6) is 0.822. The van der Waals surface area contributed by atoms with Crippen LogP contribution >= 0.6 is 0 Å². The Kier molecular flexibility index (Phi) is 13.2. The number of hydrogen-bond acceptors (Lipinski definition) is 7. The van der Waals surface area contributed by atoms with Crippen molar-refractivity contribution in [3.05, 3.63) is 23.8 Å². The Morgan fingerprint density at radius 2 is 1.97 bits per heavy atom. The van der Waals surface area contributed by atoms with Gasteiger partial charge in [0, 0.05) is 26.0 Å². The van der Waals surface area contributed by atoms with Crippen LogP contribution in [0.3, 0.4) is 0 Å². The Morgan fingerprint density at radius 3 is 2.62 bits per heavy atom. The van der Waals surface area contributed by atoms with Crippen molar-refractivity contribution in [2.75, 3.05) is 33.5 Å². The number of ether oxygens (including phenoxy) is 4. The molecular weight excluding hydrogens is 474 g/mol. The van der Waals surface area contributed by atoms with E-state index in [0.717, 1.165) is 19.3 Å². The summed E-state index contributed by atoms with van der Waals surface area (Å²) in [5.41, 5.74) is 0.988. The summed E-state index contributed by atoms with van der Waals surface area (Å²) < 4.78 is 23.1. The van der Waals surface area contributed by atoms with E-state index in [9.17, 15) is 9.90 Å². The molecule has 2 heterocycles. The predicted octanol–water partition coefficient (Wildman–Crippen LogP) is 3.40. The van der Waals surface area contributed by atoms with Crippen molar-refractivity contribution in [2.24, 2.45) is 17.8 Å². The van der Waals surface area contributed by atoms with Gasteiger partial charge in [0.2, 0.25) is 5.91 Å². The molecule has 1 amide bonds. The van der Waals surface area contributed by atoms with Gasteiger partial charge < -0.3 is 34.5 Å². The average molecular weight is 526 g/mol. The highest BCUT2D eigenvalue weighted by Gasteiger charge is 2.56. The third kappa shape index (κ3) is 10.1. The van der Waals surface area contributed by atoms with Crippen LogP contribution in [0.4, 0.5) is 0 Å². The Bertz CT molecular complexity index is 755. The minimum Gasteiger partial charge on any atom is -0.394 e. The number of allylic oxidation sites excluding steroid dienone is 3. The lowest BCUT2D eigenvalue weighted by atomic mass is 9.85. The molecule has 3 N–H and O–H groups in total. The number of epoxide rings is 1. The maximum Gasteiger partial charge on any atom is 0.222 e. The lowest BCUT2D eigenvalue weighted by molar-refractivity contribution is -0.124. The molecule has 214 valence electrons. The van der Waals surface area contributed by atoms with Gasteiger partial charge in [-0.3, -0.25) is 4.79 Å². The molecule has 0 aromatic heterocycles. The number of aliphatic hydroxyl groups excluding tert-OH is 2. The van der Waals surface area contributed by atoms with E-state index >= 15 is 0 Å². The van der Waals surface area contributed by atoms with Gasteiger partial charge in [-0.15, -0.1) is 0 Å². The molecule has 9 atom stereocenters. The third-order valence-electron chi connectivity index (χ3n) is 7.69. The van der Waals surface area contributed by atoms with Crippen molar-refractivity contribution < 1.29 is 34.0 Å². The van der Waals surface area contributed by atoms with Gasteiger partial charge in [-0.1, -0.05) is 39.0 Å². The molecule has 2 aliphatic heterocycles. The van der Waals surface area contributed by atoms with Gasteiger partial charge in [0.05, 0.1) is 55.9 Å². The zero-order chi connectivity index (χ0) is 27.6. The fourth-order valence-corrected chi connectivity index (χ4v) is 5.67. The first kappa shape index (κ1) is 31.9. The van der Waals surface area contributed by atoms with Crippen molar-refractivity contribution in [3.63, 3.8) is 0 Å². The highest BCUT2D eigenvalue weighted by atomic mass is 16.6. The fourth-order valence-electron chi connectivity index (χ4n) is 5.67. The molecular formula is C29H51NO7. The highest BCUT2D eigenvalue weighted by molar-refractivity contribution is 5.75. The number of amides is 1. The maximum atomic E-state index is 12.0. The number of carbonyl (C=O) groups excluding carboxylic acids is 1. The number of aliphatic hydroxyl groups is 2. The molecule has 0 aliphatic carbocycles. The second kappa shape index (κ2) is 15.3. The molecule has 2 fully saturated rings. The minimum atomic E-state index is -0.531. The number of nitrogens with one attached hydrogen (secondary N) is 1. The fraction of sp³-hybridized carbons (Fsp3) is 0.828. The van der Waals surface area contributed by atoms with Crippen LogP contribution < -0.4 is 5.32 Å². The summed E-state index contributed by atoms with van der Waals surface area (Å²) in [6.45, 7) is 13.5. The van der Waals surface area contributed by atoms with Crippen LogP contribution in [0.25, 0.3) is 0 Å². The quantitative estimate of drug-likeness (QED) is 0.161. The number of hydrogen-bond donors (Lipinski definition) is 3. The molecule has 37 heavy (non-hydrogen) atoms. The van der Waals surface area contributed by atoms with E-state index in [1.54, 1.807) is 14.0 Å². The first-order valence-electron chi connectivity index (χ1n) is 13.9. The molecule has 8 heteroatoms. The molecule has 0 aromatic rings. The van der Waals surface area contributed by atoms with E-state index in [1.165, 1.54) is 5.57 Å². The summed E-state index contributed by atoms with van der Waals surface area (Å²) in [7, 11) is 1.64. The van der Waals surface area contributed by atoms with E-state index in [0.29, 0.717) is 25.0 Å². The van der Waals surface area contributed by atoms with E-state index in [-0.39, 0.29) is 61.5 Å². The summed E-state index contributed by atoms with van der Waals surface area (Å²) in [4.78, 5) is 12.0. The van der Waals surface area contributed by atoms with Crippen LogP contribution in [0.5, 0.6) is 0 Å². The molecule has 2 rings (SSSR count). The first-order valence-corrected chi connectivity index (χ1v) is 13.9. The van der Waals surface area contributed by atoms with Crippen LogP contribution in [0.2, 0.25) is 0 Å². The molecule has 0 saturated carbocycles. The zero-order valence-electron chi connectivity index (χ0n) is 23.9. The largest absolute Gasteiger partial charge is 0.394 e. The standard InChI is InChI=1S/C29H51NO7/c1-19(17-29(6)28(37-29)22(4)27(34-7)23(5)32)9-8-10-20(2)26-21(3)11-12-24(36-26)18-30-25(33)13-15-35-16-14-31/h8-10,19,21-24,26-28,31-32H,11-18H2,1-7H3,(H,30,33)/b9-8+,20-10+/t19?,21-,22?,23?,24+,26+,27?,28+,29+/m0/s1. The summed E-state index contributed by atoms with van der Waals surface area (Å²) in [5, 5.41) is 21.7. The van der Waals surface area contributed by atoms with Gasteiger partial charge >= 0.3 is 0 Å². The van der Waals surface area contributed by atoms with Crippen molar-refractivity contribution >= 4 is 5.91 Å². The Hall–Kier alpha value is -1.29. The summed E-state index contributed by atoms with van der Waals surface area (Å²) in [6, 6.07) is 0. The zero-order valence-corrected chi connectivity index (χ0v) is 23.9. The van der Waals surface area contributed by atoms with Gasteiger partial charge in [-0.05, 0) is 57.4 Å². The summed E-state index contributed by atoms with van der Waals surface area (Å²) >= 11 is 0. The van der Waals surface area contributed by atoms with Crippen LogP contribution in [-0.2, 0) is 23.7 Å². The molecule has 0 aromatic carbocycles.